The molecule has 19 heavy (non-hydrogen) atoms. The van der Waals surface area contributed by atoms with Gasteiger partial charge in [0.2, 0.25) is 0 Å². The Labute approximate surface area is 119 Å². The first-order valence-corrected chi connectivity index (χ1v) is 7.07. The Morgan fingerprint density at radius 2 is 1.95 bits per heavy atom. The van der Waals surface area contributed by atoms with E-state index in [1.165, 1.54) is 11.3 Å². The normalized spacial score (nSPS) is 10.7. The van der Waals surface area contributed by atoms with Crippen LogP contribution in [0.1, 0.15) is 30.8 Å². The highest BCUT2D eigenvalue weighted by molar-refractivity contribution is 6.31. The summed E-state index contributed by atoms with van der Waals surface area (Å²) in [5.74, 6) is 0. The van der Waals surface area contributed by atoms with Crippen molar-refractivity contribution in [2.75, 3.05) is 5.32 Å². The SMILES string of the molecule is CCc1ccccc1NCc1c(Cl)c(CC)nn1C. The molecule has 0 bridgehead atoms. The van der Waals surface area contributed by atoms with Gasteiger partial charge in [0, 0.05) is 12.7 Å². The number of nitrogens with zero attached hydrogens (tertiary/aromatic N) is 2. The molecule has 1 N–H and O–H groups in total. The first kappa shape index (κ1) is 13.9. The van der Waals surface area contributed by atoms with Crippen molar-refractivity contribution in [3.05, 3.63) is 46.2 Å². The van der Waals surface area contributed by atoms with Crippen molar-refractivity contribution < 1.29 is 0 Å². The number of nitrogens with one attached hydrogen (secondary N) is 1. The molecule has 0 aliphatic heterocycles. The maximum Gasteiger partial charge on any atom is 0.0868 e. The molecular formula is C15H20ClN3. The molecule has 2 rings (SSSR count). The molecule has 0 atom stereocenters. The lowest BCUT2D eigenvalue weighted by atomic mass is 10.1. The zero-order valence-electron chi connectivity index (χ0n) is 11.7. The van der Waals surface area contributed by atoms with Gasteiger partial charge in [0.1, 0.15) is 0 Å². The largest absolute Gasteiger partial charge is 0.379 e. The second-order valence-electron chi connectivity index (χ2n) is 4.55. The fraction of sp³-hybridized carbons (Fsp3) is 0.400. The van der Waals surface area contributed by atoms with Crippen molar-refractivity contribution in [3.63, 3.8) is 0 Å². The van der Waals surface area contributed by atoms with E-state index < -0.39 is 0 Å². The van der Waals surface area contributed by atoms with E-state index in [4.69, 9.17) is 11.6 Å². The van der Waals surface area contributed by atoms with Gasteiger partial charge in [0.05, 0.1) is 23.0 Å². The topological polar surface area (TPSA) is 29.9 Å². The van der Waals surface area contributed by atoms with Gasteiger partial charge in [0.25, 0.3) is 0 Å². The molecule has 0 spiro atoms. The van der Waals surface area contributed by atoms with Crippen LogP contribution < -0.4 is 5.32 Å². The van der Waals surface area contributed by atoms with Gasteiger partial charge < -0.3 is 5.32 Å². The fourth-order valence-corrected chi connectivity index (χ4v) is 2.55. The molecule has 0 radical (unpaired) electrons. The van der Waals surface area contributed by atoms with Gasteiger partial charge >= 0.3 is 0 Å². The molecule has 1 heterocycles. The molecule has 4 heteroatoms. The molecule has 0 aliphatic carbocycles. The van der Waals surface area contributed by atoms with Gasteiger partial charge in [-0.15, -0.1) is 0 Å². The molecular weight excluding hydrogens is 258 g/mol. The smallest absolute Gasteiger partial charge is 0.0868 e. The highest BCUT2D eigenvalue weighted by atomic mass is 35.5. The Kier molecular flexibility index (Phi) is 4.48. The quantitative estimate of drug-likeness (QED) is 0.901. The van der Waals surface area contributed by atoms with E-state index in [0.717, 1.165) is 29.3 Å². The Hall–Kier alpha value is -1.48. The lowest BCUT2D eigenvalue weighted by Gasteiger charge is -2.11. The number of rotatable bonds is 5. The van der Waals surface area contributed by atoms with Gasteiger partial charge in [-0.2, -0.15) is 5.10 Å². The highest BCUT2D eigenvalue weighted by Crippen LogP contribution is 2.23. The molecule has 0 unspecified atom stereocenters. The van der Waals surface area contributed by atoms with Crippen LogP contribution in [0, 0.1) is 0 Å². The molecule has 3 nitrogen and oxygen atoms in total. The van der Waals surface area contributed by atoms with Crippen molar-refractivity contribution in [3.8, 4) is 0 Å². The Bertz CT molecular complexity index is 561. The zero-order valence-corrected chi connectivity index (χ0v) is 12.5. The minimum Gasteiger partial charge on any atom is -0.379 e. The summed E-state index contributed by atoms with van der Waals surface area (Å²) in [6, 6.07) is 8.36. The van der Waals surface area contributed by atoms with Crippen LogP contribution in [-0.2, 0) is 26.4 Å². The molecule has 1 aromatic carbocycles. The van der Waals surface area contributed by atoms with Crippen molar-refractivity contribution in [1.82, 2.24) is 9.78 Å². The summed E-state index contributed by atoms with van der Waals surface area (Å²) in [4.78, 5) is 0. The van der Waals surface area contributed by atoms with Crippen LogP contribution in [-0.4, -0.2) is 9.78 Å². The van der Waals surface area contributed by atoms with Crippen LogP contribution in [0.25, 0.3) is 0 Å². The zero-order chi connectivity index (χ0) is 13.8. The van der Waals surface area contributed by atoms with E-state index in [-0.39, 0.29) is 0 Å². The fourth-order valence-electron chi connectivity index (χ4n) is 2.19. The Morgan fingerprint density at radius 3 is 2.58 bits per heavy atom. The standard InChI is InChI=1S/C15H20ClN3/c1-4-11-8-6-7-9-13(11)17-10-14-15(16)12(5-2)18-19(14)3/h6-9,17H,4-5,10H2,1-3H3. The van der Waals surface area contributed by atoms with Crippen LogP contribution in [0.4, 0.5) is 5.69 Å². The summed E-state index contributed by atoms with van der Waals surface area (Å²) in [6.45, 7) is 4.92. The number of hydrogen-bond acceptors (Lipinski definition) is 2. The maximum atomic E-state index is 6.35. The Morgan fingerprint density at radius 1 is 1.21 bits per heavy atom. The molecule has 0 amide bonds. The van der Waals surface area contributed by atoms with Crippen LogP contribution in [0.3, 0.4) is 0 Å². The van der Waals surface area contributed by atoms with Crippen LogP contribution >= 0.6 is 11.6 Å². The second-order valence-corrected chi connectivity index (χ2v) is 4.93. The summed E-state index contributed by atoms with van der Waals surface area (Å²) < 4.78 is 1.86. The number of aromatic nitrogens is 2. The van der Waals surface area contributed by atoms with E-state index in [1.54, 1.807) is 0 Å². The first-order chi connectivity index (χ1) is 9.17. The summed E-state index contributed by atoms with van der Waals surface area (Å²) in [6.07, 6.45) is 1.88. The lowest BCUT2D eigenvalue weighted by molar-refractivity contribution is 0.706. The van der Waals surface area contributed by atoms with Crippen LogP contribution in [0.5, 0.6) is 0 Å². The van der Waals surface area contributed by atoms with Gasteiger partial charge in [-0.1, -0.05) is 43.6 Å². The molecule has 2 aromatic rings. The maximum absolute atomic E-state index is 6.35. The van der Waals surface area contributed by atoms with E-state index in [1.807, 2.05) is 17.8 Å². The summed E-state index contributed by atoms with van der Waals surface area (Å²) in [7, 11) is 1.94. The van der Waals surface area contributed by atoms with Crippen molar-refractivity contribution in [2.24, 2.45) is 7.05 Å². The number of aryl methyl sites for hydroxylation is 3. The van der Waals surface area contributed by atoms with E-state index in [0.29, 0.717) is 6.54 Å². The second kappa shape index (κ2) is 6.11. The number of hydrogen-bond donors (Lipinski definition) is 1. The van der Waals surface area contributed by atoms with Gasteiger partial charge in [0.15, 0.2) is 0 Å². The summed E-state index contributed by atoms with van der Waals surface area (Å²) in [5.41, 5.74) is 4.48. The number of benzene rings is 1. The Balaban J connectivity index is 2.17. The molecule has 0 saturated carbocycles. The number of anilines is 1. The summed E-state index contributed by atoms with van der Waals surface area (Å²) >= 11 is 6.35. The van der Waals surface area contributed by atoms with E-state index >= 15 is 0 Å². The van der Waals surface area contributed by atoms with Crippen molar-refractivity contribution >= 4 is 17.3 Å². The minimum absolute atomic E-state index is 0.694. The molecule has 0 fully saturated rings. The van der Waals surface area contributed by atoms with Crippen LogP contribution in [0.2, 0.25) is 5.02 Å². The molecule has 102 valence electrons. The third-order valence-corrected chi connectivity index (χ3v) is 3.78. The predicted molar refractivity (Wildman–Crippen MR) is 80.7 cm³/mol. The minimum atomic E-state index is 0.694. The van der Waals surface area contributed by atoms with E-state index in [9.17, 15) is 0 Å². The van der Waals surface area contributed by atoms with Crippen molar-refractivity contribution in [2.45, 2.75) is 33.2 Å². The average molecular weight is 278 g/mol. The van der Waals surface area contributed by atoms with E-state index in [2.05, 4.69) is 42.5 Å². The third kappa shape index (κ3) is 2.92. The molecule has 1 aromatic heterocycles. The third-order valence-electron chi connectivity index (χ3n) is 3.35. The molecule has 0 aliphatic rings. The van der Waals surface area contributed by atoms with Crippen LogP contribution in [0.15, 0.2) is 24.3 Å². The average Bonchev–Trinajstić information content (AvgIpc) is 2.71. The monoisotopic (exact) mass is 277 g/mol. The number of para-hydroxylation sites is 1. The molecule has 0 saturated heterocycles. The number of halogens is 1. The van der Waals surface area contributed by atoms with Gasteiger partial charge in [-0.25, -0.2) is 0 Å². The predicted octanol–water partition coefficient (Wildman–Crippen LogP) is 3.81. The summed E-state index contributed by atoms with van der Waals surface area (Å²) in [5, 5.41) is 8.67. The highest BCUT2D eigenvalue weighted by Gasteiger charge is 2.12. The van der Waals surface area contributed by atoms with Gasteiger partial charge in [-0.05, 0) is 24.5 Å². The first-order valence-electron chi connectivity index (χ1n) is 6.69. The van der Waals surface area contributed by atoms with Crippen molar-refractivity contribution in [1.29, 1.82) is 0 Å². The lowest BCUT2D eigenvalue weighted by Crippen LogP contribution is -2.07. The van der Waals surface area contributed by atoms with Gasteiger partial charge in [-0.3, -0.25) is 4.68 Å².